The van der Waals surface area contributed by atoms with E-state index in [0.29, 0.717) is 0 Å². The van der Waals surface area contributed by atoms with Gasteiger partial charge in [-0.2, -0.15) is 13.2 Å². The molecule has 2 aromatic rings. The number of benzene rings is 2. The van der Waals surface area contributed by atoms with Crippen LogP contribution in [0.2, 0.25) is 0 Å². The zero-order chi connectivity index (χ0) is 20.4. The summed E-state index contributed by atoms with van der Waals surface area (Å²) in [6, 6.07) is 8.08. The maximum absolute atomic E-state index is 13.1. The minimum atomic E-state index is -4.65. The number of sulfonamides is 1. The number of carbonyl (C=O) groups excluding carboxylic acids is 1. The van der Waals surface area contributed by atoms with E-state index in [2.05, 4.69) is 5.32 Å². The van der Waals surface area contributed by atoms with Gasteiger partial charge in [0.05, 0.1) is 18.4 Å². The van der Waals surface area contributed by atoms with E-state index in [0.717, 1.165) is 22.5 Å². The molecule has 0 fully saturated rings. The second-order valence-corrected chi connectivity index (χ2v) is 7.77. The number of amides is 1. The van der Waals surface area contributed by atoms with Gasteiger partial charge in [0.25, 0.3) is 5.91 Å². The van der Waals surface area contributed by atoms with E-state index in [-0.39, 0.29) is 16.2 Å². The Bertz CT molecular complexity index is 957. The molecule has 2 rings (SSSR count). The molecule has 0 aliphatic heterocycles. The highest BCUT2D eigenvalue weighted by molar-refractivity contribution is 7.89. The van der Waals surface area contributed by atoms with Crippen LogP contribution in [-0.2, 0) is 16.2 Å². The fourth-order valence-corrected chi connectivity index (χ4v) is 3.32. The summed E-state index contributed by atoms with van der Waals surface area (Å²) in [5.74, 6) is -0.875. The number of rotatable bonds is 5. The average Bonchev–Trinajstić information content (AvgIpc) is 2.60. The summed E-state index contributed by atoms with van der Waals surface area (Å²) in [4.78, 5) is 12.1. The summed E-state index contributed by atoms with van der Waals surface area (Å²) < 4.78 is 69.9. The molecule has 6 nitrogen and oxygen atoms in total. The van der Waals surface area contributed by atoms with E-state index in [9.17, 15) is 26.4 Å². The first-order valence-electron chi connectivity index (χ1n) is 7.56. The van der Waals surface area contributed by atoms with Crippen molar-refractivity contribution in [1.29, 1.82) is 0 Å². The minimum Gasteiger partial charge on any atom is -0.495 e. The molecule has 27 heavy (non-hydrogen) atoms. The SMILES string of the molecule is COc1ccc(C(=O)Nc2ccccc2C(F)(F)F)cc1S(=O)(=O)N(C)C. The van der Waals surface area contributed by atoms with Crippen LogP contribution in [0.15, 0.2) is 47.4 Å². The van der Waals surface area contributed by atoms with Crippen LogP contribution in [0.25, 0.3) is 0 Å². The van der Waals surface area contributed by atoms with Gasteiger partial charge in [0.1, 0.15) is 10.6 Å². The summed E-state index contributed by atoms with van der Waals surface area (Å²) >= 11 is 0. The molecule has 2 aromatic carbocycles. The lowest BCUT2D eigenvalue weighted by atomic mass is 10.1. The molecule has 0 heterocycles. The molecule has 0 bridgehead atoms. The molecule has 0 saturated heterocycles. The van der Waals surface area contributed by atoms with Crippen molar-refractivity contribution in [3.63, 3.8) is 0 Å². The van der Waals surface area contributed by atoms with Gasteiger partial charge < -0.3 is 10.1 Å². The van der Waals surface area contributed by atoms with Gasteiger partial charge in [-0.15, -0.1) is 0 Å². The molecule has 0 radical (unpaired) electrons. The van der Waals surface area contributed by atoms with Crippen LogP contribution in [0.4, 0.5) is 18.9 Å². The van der Waals surface area contributed by atoms with Crippen molar-refractivity contribution in [2.45, 2.75) is 11.1 Å². The zero-order valence-electron chi connectivity index (χ0n) is 14.7. The van der Waals surface area contributed by atoms with E-state index in [1.165, 1.54) is 45.5 Å². The largest absolute Gasteiger partial charge is 0.495 e. The quantitative estimate of drug-likeness (QED) is 0.833. The van der Waals surface area contributed by atoms with Crippen LogP contribution < -0.4 is 10.1 Å². The molecule has 0 aliphatic rings. The summed E-state index contributed by atoms with van der Waals surface area (Å²) in [7, 11) is -0.0511. The predicted molar refractivity (Wildman–Crippen MR) is 93.3 cm³/mol. The van der Waals surface area contributed by atoms with Crippen molar-refractivity contribution >= 4 is 21.6 Å². The molecule has 0 aromatic heterocycles. The third-order valence-corrected chi connectivity index (χ3v) is 5.50. The molecule has 10 heteroatoms. The molecule has 0 atom stereocenters. The van der Waals surface area contributed by atoms with E-state index in [1.54, 1.807) is 0 Å². The Morgan fingerprint density at radius 2 is 1.74 bits per heavy atom. The van der Waals surface area contributed by atoms with Crippen LogP contribution >= 0.6 is 0 Å². The number of methoxy groups -OCH3 is 1. The monoisotopic (exact) mass is 402 g/mol. The number of alkyl halides is 3. The third-order valence-electron chi connectivity index (χ3n) is 3.67. The van der Waals surface area contributed by atoms with Crippen molar-refractivity contribution in [3.8, 4) is 5.75 Å². The number of para-hydroxylation sites is 1. The first-order chi connectivity index (χ1) is 12.5. The Morgan fingerprint density at radius 1 is 1.11 bits per heavy atom. The molecular formula is C17H17F3N2O4S. The second kappa shape index (κ2) is 7.57. The van der Waals surface area contributed by atoms with E-state index < -0.39 is 33.4 Å². The molecule has 1 N–H and O–H groups in total. The molecule has 0 aliphatic carbocycles. The Balaban J connectivity index is 2.45. The maximum atomic E-state index is 13.1. The predicted octanol–water partition coefficient (Wildman–Crippen LogP) is 3.22. The maximum Gasteiger partial charge on any atom is 0.418 e. The van der Waals surface area contributed by atoms with Gasteiger partial charge in [-0.1, -0.05) is 12.1 Å². The highest BCUT2D eigenvalue weighted by Gasteiger charge is 2.33. The number of nitrogens with one attached hydrogen (secondary N) is 1. The standard InChI is InChI=1S/C17H17F3N2O4S/c1-22(2)27(24,25)15-10-11(8-9-14(15)26-3)16(23)21-13-7-5-4-6-12(13)17(18,19)20/h4-10H,1-3H3,(H,21,23). The van der Waals surface area contributed by atoms with Crippen molar-refractivity contribution in [3.05, 3.63) is 53.6 Å². The summed E-state index contributed by atoms with van der Waals surface area (Å²) in [6.07, 6.45) is -4.65. The zero-order valence-corrected chi connectivity index (χ0v) is 15.5. The Hall–Kier alpha value is -2.59. The van der Waals surface area contributed by atoms with Crippen molar-refractivity contribution in [1.82, 2.24) is 4.31 Å². The van der Waals surface area contributed by atoms with Crippen LogP contribution in [-0.4, -0.2) is 39.8 Å². The second-order valence-electron chi connectivity index (χ2n) is 5.65. The lowest BCUT2D eigenvalue weighted by Crippen LogP contribution is -2.23. The van der Waals surface area contributed by atoms with E-state index in [4.69, 9.17) is 4.74 Å². The first kappa shape index (κ1) is 20.7. The number of halogens is 3. The fourth-order valence-electron chi connectivity index (χ4n) is 2.25. The minimum absolute atomic E-state index is 0.0101. The lowest BCUT2D eigenvalue weighted by Gasteiger charge is -2.16. The first-order valence-corrected chi connectivity index (χ1v) is 9.00. The highest BCUT2D eigenvalue weighted by atomic mass is 32.2. The lowest BCUT2D eigenvalue weighted by molar-refractivity contribution is -0.136. The van der Waals surface area contributed by atoms with Crippen LogP contribution in [0, 0.1) is 0 Å². The molecular weight excluding hydrogens is 385 g/mol. The fraction of sp³-hybridized carbons (Fsp3) is 0.235. The van der Waals surface area contributed by atoms with Crippen molar-refractivity contribution < 1.29 is 31.1 Å². The molecule has 1 amide bonds. The van der Waals surface area contributed by atoms with Crippen LogP contribution in [0.3, 0.4) is 0 Å². The Labute approximate surface area is 154 Å². The highest BCUT2D eigenvalue weighted by Crippen LogP contribution is 2.35. The van der Waals surface area contributed by atoms with E-state index in [1.807, 2.05) is 0 Å². The van der Waals surface area contributed by atoms with Crippen LogP contribution in [0.5, 0.6) is 5.75 Å². The number of hydrogen-bond donors (Lipinski definition) is 1. The van der Waals surface area contributed by atoms with Gasteiger partial charge >= 0.3 is 6.18 Å². The Morgan fingerprint density at radius 3 is 2.30 bits per heavy atom. The molecule has 146 valence electrons. The van der Waals surface area contributed by atoms with Crippen molar-refractivity contribution in [2.24, 2.45) is 0 Å². The number of hydrogen-bond acceptors (Lipinski definition) is 4. The number of nitrogens with zero attached hydrogens (tertiary/aromatic N) is 1. The average molecular weight is 402 g/mol. The summed E-state index contributed by atoms with van der Waals surface area (Å²) in [5.41, 5.74) is -1.57. The van der Waals surface area contributed by atoms with Gasteiger partial charge in [-0.3, -0.25) is 4.79 Å². The van der Waals surface area contributed by atoms with Crippen LogP contribution in [0.1, 0.15) is 15.9 Å². The van der Waals surface area contributed by atoms with E-state index >= 15 is 0 Å². The normalized spacial score (nSPS) is 12.1. The van der Waals surface area contributed by atoms with Gasteiger partial charge in [0, 0.05) is 19.7 Å². The number of anilines is 1. The van der Waals surface area contributed by atoms with Gasteiger partial charge in [0.2, 0.25) is 10.0 Å². The van der Waals surface area contributed by atoms with Gasteiger partial charge in [-0.05, 0) is 30.3 Å². The molecule has 0 unspecified atom stereocenters. The summed E-state index contributed by atoms with van der Waals surface area (Å²) in [5, 5.41) is 2.17. The molecule has 0 spiro atoms. The van der Waals surface area contributed by atoms with Gasteiger partial charge in [0.15, 0.2) is 0 Å². The topological polar surface area (TPSA) is 75.7 Å². The Kier molecular flexibility index (Phi) is 5.81. The van der Waals surface area contributed by atoms with Gasteiger partial charge in [-0.25, -0.2) is 12.7 Å². The molecule has 0 saturated carbocycles. The third kappa shape index (κ3) is 4.40. The number of carbonyl (C=O) groups is 1. The number of ether oxygens (including phenoxy) is 1. The van der Waals surface area contributed by atoms with Crippen molar-refractivity contribution in [2.75, 3.05) is 26.5 Å². The summed E-state index contributed by atoms with van der Waals surface area (Å²) in [6.45, 7) is 0. The smallest absolute Gasteiger partial charge is 0.418 e.